The van der Waals surface area contributed by atoms with Gasteiger partial charge in [0, 0.05) is 32.6 Å². The van der Waals surface area contributed by atoms with Crippen LogP contribution in [0.1, 0.15) is 22.9 Å². The molecule has 8 heteroatoms. The van der Waals surface area contributed by atoms with Crippen LogP contribution in [0.4, 0.5) is 0 Å². The third-order valence-electron chi connectivity index (χ3n) is 4.64. The van der Waals surface area contributed by atoms with Gasteiger partial charge in [-0.2, -0.15) is 5.26 Å². The number of aliphatic hydroxyl groups is 1. The third kappa shape index (κ3) is 4.02. The smallest absolute Gasteiger partial charge is 0.230 e. The minimum Gasteiger partial charge on any atom is -0.495 e. The molecule has 8 nitrogen and oxygen atoms in total. The van der Waals surface area contributed by atoms with E-state index in [0.717, 1.165) is 12.1 Å². The van der Waals surface area contributed by atoms with Crippen LogP contribution in [-0.4, -0.2) is 64.5 Å². The molecule has 3 rings (SSSR count). The van der Waals surface area contributed by atoms with Crippen molar-refractivity contribution in [2.75, 3.05) is 27.2 Å². The van der Waals surface area contributed by atoms with Crippen molar-refractivity contribution in [3.8, 4) is 11.8 Å². The number of likely N-dealkylation sites (tertiary alicyclic amines) is 1. The molecule has 2 heterocycles. The number of aryl methyl sites for hydroxylation is 1. The Morgan fingerprint density at radius 3 is 2.88 bits per heavy atom. The van der Waals surface area contributed by atoms with Crippen LogP contribution >= 0.6 is 0 Å². The molecule has 138 valence electrons. The van der Waals surface area contributed by atoms with Gasteiger partial charge in [0.25, 0.3) is 0 Å². The van der Waals surface area contributed by atoms with Gasteiger partial charge in [-0.25, -0.2) is 0 Å². The Morgan fingerprint density at radius 1 is 1.42 bits per heavy atom. The molecular formula is C18H23N5O3. The number of nitrogens with zero attached hydrogens (tertiary/aromatic N) is 5. The highest BCUT2D eigenvalue weighted by Crippen LogP contribution is 2.23. The van der Waals surface area contributed by atoms with Crippen LogP contribution in [0.5, 0.6) is 5.75 Å². The van der Waals surface area contributed by atoms with Crippen molar-refractivity contribution in [1.82, 2.24) is 20.0 Å². The zero-order valence-electron chi connectivity index (χ0n) is 15.2. The van der Waals surface area contributed by atoms with Gasteiger partial charge in [-0.3, -0.25) is 9.80 Å². The molecule has 0 aliphatic carbocycles. The van der Waals surface area contributed by atoms with Gasteiger partial charge in [0.05, 0.1) is 25.3 Å². The first-order valence-corrected chi connectivity index (χ1v) is 8.46. The molecule has 0 unspecified atom stereocenters. The summed E-state index contributed by atoms with van der Waals surface area (Å²) in [6.45, 7) is 4.22. The maximum Gasteiger partial charge on any atom is 0.230 e. The molecule has 1 fully saturated rings. The van der Waals surface area contributed by atoms with E-state index < -0.39 is 6.10 Å². The fraction of sp³-hybridized carbons (Fsp3) is 0.500. The molecule has 0 amide bonds. The van der Waals surface area contributed by atoms with Crippen molar-refractivity contribution in [1.29, 1.82) is 5.26 Å². The van der Waals surface area contributed by atoms with Crippen LogP contribution in [0.25, 0.3) is 0 Å². The molecule has 0 bridgehead atoms. The van der Waals surface area contributed by atoms with Crippen LogP contribution in [0, 0.1) is 18.3 Å². The van der Waals surface area contributed by atoms with E-state index in [9.17, 15) is 10.4 Å². The zero-order chi connectivity index (χ0) is 18.7. The quantitative estimate of drug-likeness (QED) is 0.815. The summed E-state index contributed by atoms with van der Waals surface area (Å²) in [6.07, 6.45) is -0.460. The fourth-order valence-corrected chi connectivity index (χ4v) is 3.34. The molecule has 0 spiro atoms. The summed E-state index contributed by atoms with van der Waals surface area (Å²) in [4.78, 5) is 4.21. The first-order valence-electron chi connectivity index (χ1n) is 8.46. The minimum atomic E-state index is -0.460. The maximum absolute atomic E-state index is 10.5. The van der Waals surface area contributed by atoms with E-state index in [2.05, 4.69) is 21.2 Å². The van der Waals surface area contributed by atoms with Crippen LogP contribution in [0.2, 0.25) is 0 Å². The van der Waals surface area contributed by atoms with Crippen LogP contribution in [0.15, 0.2) is 22.6 Å². The SMILES string of the molecule is COc1ccc(CN2C[C@@H](O)[C@@H](N(C)Cc3nnc(C)o3)C2)cc1C#N. The number of methoxy groups -OCH3 is 1. The van der Waals surface area contributed by atoms with Crippen molar-refractivity contribution in [3.63, 3.8) is 0 Å². The molecule has 1 aliphatic rings. The van der Waals surface area contributed by atoms with Gasteiger partial charge in [-0.15, -0.1) is 10.2 Å². The Kier molecular flexibility index (Phi) is 5.52. The highest BCUT2D eigenvalue weighted by atomic mass is 16.5. The van der Waals surface area contributed by atoms with E-state index in [4.69, 9.17) is 9.15 Å². The standard InChI is InChI=1S/C18H23N5O3/c1-12-20-21-18(26-12)11-22(2)15-9-23(10-16(15)24)8-13-4-5-17(25-3)14(6-13)7-19/h4-6,15-16,24H,8-11H2,1-3H3/t15-,16+/m0/s1. The van der Waals surface area contributed by atoms with Crippen LogP contribution in [-0.2, 0) is 13.1 Å². The lowest BCUT2D eigenvalue weighted by Gasteiger charge is -2.25. The summed E-state index contributed by atoms with van der Waals surface area (Å²) < 4.78 is 10.6. The van der Waals surface area contributed by atoms with E-state index in [0.29, 0.717) is 42.7 Å². The predicted octanol–water partition coefficient (Wildman–Crippen LogP) is 0.935. The molecule has 0 radical (unpaired) electrons. The summed E-state index contributed by atoms with van der Waals surface area (Å²) in [7, 11) is 3.50. The molecule has 1 saturated heterocycles. The molecule has 2 aromatic rings. The summed E-state index contributed by atoms with van der Waals surface area (Å²) in [5, 5.41) is 27.5. The third-order valence-corrected chi connectivity index (χ3v) is 4.64. The Labute approximate surface area is 152 Å². The number of rotatable bonds is 6. The van der Waals surface area contributed by atoms with E-state index in [-0.39, 0.29) is 6.04 Å². The normalized spacial score (nSPS) is 20.5. The lowest BCUT2D eigenvalue weighted by molar-refractivity contribution is 0.0899. The topological polar surface area (TPSA) is 98.7 Å². The largest absolute Gasteiger partial charge is 0.495 e. The molecule has 26 heavy (non-hydrogen) atoms. The number of hydrogen-bond acceptors (Lipinski definition) is 8. The molecular weight excluding hydrogens is 334 g/mol. The van der Waals surface area contributed by atoms with E-state index in [1.807, 2.05) is 30.1 Å². The Hall–Kier alpha value is -2.47. The molecule has 1 aromatic heterocycles. The van der Waals surface area contributed by atoms with Crippen molar-refractivity contribution < 1.29 is 14.3 Å². The Balaban J connectivity index is 1.62. The highest BCUT2D eigenvalue weighted by molar-refractivity contribution is 5.45. The second-order valence-electron chi connectivity index (χ2n) is 6.61. The van der Waals surface area contributed by atoms with Gasteiger partial charge in [-0.1, -0.05) is 6.07 Å². The molecule has 1 aromatic carbocycles. The number of nitriles is 1. The number of aromatic nitrogens is 2. The number of aliphatic hydroxyl groups excluding tert-OH is 1. The van der Waals surface area contributed by atoms with Gasteiger partial charge >= 0.3 is 0 Å². The first-order chi connectivity index (χ1) is 12.5. The summed E-state index contributed by atoms with van der Waals surface area (Å²) in [5.74, 6) is 1.66. The van der Waals surface area contributed by atoms with E-state index >= 15 is 0 Å². The molecule has 2 atom stereocenters. The van der Waals surface area contributed by atoms with Gasteiger partial charge < -0.3 is 14.3 Å². The van der Waals surface area contributed by atoms with Gasteiger partial charge in [0.2, 0.25) is 11.8 Å². The zero-order valence-corrected chi connectivity index (χ0v) is 15.2. The van der Waals surface area contributed by atoms with Crippen molar-refractivity contribution in [2.24, 2.45) is 0 Å². The number of hydrogen-bond donors (Lipinski definition) is 1. The first kappa shape index (κ1) is 18.3. The average molecular weight is 357 g/mol. The summed E-state index contributed by atoms with van der Waals surface area (Å²) >= 11 is 0. The average Bonchev–Trinajstić information content (AvgIpc) is 3.19. The predicted molar refractivity (Wildman–Crippen MR) is 93.3 cm³/mol. The second-order valence-corrected chi connectivity index (χ2v) is 6.61. The van der Waals surface area contributed by atoms with Gasteiger partial charge in [0.1, 0.15) is 11.8 Å². The van der Waals surface area contributed by atoms with Crippen LogP contribution < -0.4 is 4.74 Å². The van der Waals surface area contributed by atoms with Gasteiger partial charge in [0.15, 0.2) is 0 Å². The van der Waals surface area contributed by atoms with Gasteiger partial charge in [-0.05, 0) is 24.7 Å². The van der Waals surface area contributed by atoms with E-state index in [1.54, 1.807) is 14.0 Å². The van der Waals surface area contributed by atoms with Crippen molar-refractivity contribution in [2.45, 2.75) is 32.2 Å². The molecule has 0 saturated carbocycles. The molecule has 1 N–H and O–H groups in total. The summed E-state index contributed by atoms with van der Waals surface area (Å²) in [5.41, 5.74) is 1.54. The Morgan fingerprint density at radius 2 is 2.23 bits per heavy atom. The van der Waals surface area contributed by atoms with Crippen LogP contribution in [0.3, 0.4) is 0 Å². The maximum atomic E-state index is 10.5. The van der Waals surface area contributed by atoms with Crippen molar-refractivity contribution >= 4 is 0 Å². The molecule has 1 aliphatic heterocycles. The lowest BCUT2D eigenvalue weighted by Crippen LogP contribution is -2.40. The summed E-state index contributed by atoms with van der Waals surface area (Å²) in [6, 6.07) is 7.73. The fourth-order valence-electron chi connectivity index (χ4n) is 3.34. The number of ether oxygens (including phenoxy) is 1. The number of likely N-dealkylation sites (N-methyl/N-ethyl adjacent to an activating group) is 1. The monoisotopic (exact) mass is 357 g/mol. The van der Waals surface area contributed by atoms with E-state index in [1.165, 1.54) is 0 Å². The number of benzene rings is 1. The highest BCUT2D eigenvalue weighted by Gasteiger charge is 2.34. The Bertz CT molecular complexity index is 800. The second kappa shape index (κ2) is 7.83. The van der Waals surface area contributed by atoms with Crippen molar-refractivity contribution in [3.05, 3.63) is 41.1 Å². The number of β-amino-alcohol motifs (C(OH)–C–C–N with tert-alkyl or cyclic N) is 1. The lowest BCUT2D eigenvalue weighted by atomic mass is 10.1. The minimum absolute atomic E-state index is 0.0177.